The Morgan fingerprint density at radius 1 is 0.767 bits per heavy atom. The highest BCUT2D eigenvalue weighted by atomic mass is 16.4. The highest BCUT2D eigenvalue weighted by Gasteiger charge is 2.23. The SMILES string of the molecule is C=CC1=C(C)C(C=c2[nH]/c(=C/c3[nH]c(/C=C4/NC(=O)C(C)=C4C=C)c(C)c3CCC(=O)O)c(CCC(=O)O)c2C)=NC1=O. The fourth-order valence-corrected chi connectivity index (χ4v) is 5.34. The molecular weight excluding hydrogens is 548 g/mol. The van der Waals surface area contributed by atoms with Crippen LogP contribution in [-0.4, -0.2) is 49.6 Å². The van der Waals surface area contributed by atoms with Gasteiger partial charge in [-0.2, -0.15) is 0 Å². The van der Waals surface area contributed by atoms with Crippen LogP contribution in [0.15, 0.2) is 58.3 Å². The number of aromatic nitrogens is 2. The van der Waals surface area contributed by atoms with Crippen molar-refractivity contribution in [3.63, 3.8) is 0 Å². The number of aliphatic carboxylic acids is 2. The van der Waals surface area contributed by atoms with E-state index >= 15 is 0 Å². The molecule has 0 bridgehead atoms. The van der Waals surface area contributed by atoms with E-state index in [2.05, 4.69) is 33.4 Å². The Morgan fingerprint density at radius 3 is 1.98 bits per heavy atom. The van der Waals surface area contributed by atoms with Gasteiger partial charge in [-0.3, -0.25) is 19.2 Å². The third-order valence-corrected chi connectivity index (χ3v) is 7.87. The molecule has 2 aliphatic heterocycles. The first-order valence-corrected chi connectivity index (χ1v) is 13.8. The fourth-order valence-electron chi connectivity index (χ4n) is 5.34. The summed E-state index contributed by atoms with van der Waals surface area (Å²) in [7, 11) is 0. The van der Waals surface area contributed by atoms with Crippen LogP contribution in [0.2, 0.25) is 0 Å². The number of aliphatic imine (C=N–C) groups is 1. The number of rotatable bonds is 11. The summed E-state index contributed by atoms with van der Waals surface area (Å²) in [4.78, 5) is 58.4. The first-order valence-electron chi connectivity index (χ1n) is 13.8. The molecule has 0 radical (unpaired) electrons. The normalized spacial score (nSPS) is 16.9. The number of carbonyl (C=O) groups excluding carboxylic acids is 2. The Bertz CT molecular complexity index is 1860. The Balaban J connectivity index is 1.92. The smallest absolute Gasteiger partial charge is 0.303 e. The lowest BCUT2D eigenvalue weighted by Crippen LogP contribution is -2.15. The molecule has 5 N–H and O–H groups in total. The molecule has 0 saturated heterocycles. The van der Waals surface area contributed by atoms with E-state index < -0.39 is 11.9 Å². The van der Waals surface area contributed by atoms with Crippen molar-refractivity contribution in [2.45, 2.75) is 53.4 Å². The van der Waals surface area contributed by atoms with Gasteiger partial charge in [-0.25, -0.2) is 4.99 Å². The molecule has 0 unspecified atom stereocenters. The molecule has 2 aromatic heterocycles. The average molecular weight is 583 g/mol. The number of allylic oxidation sites excluding steroid dienone is 2. The maximum Gasteiger partial charge on any atom is 0.303 e. The Hall–Kier alpha value is -5.25. The molecule has 4 rings (SSSR count). The van der Waals surface area contributed by atoms with E-state index in [1.54, 1.807) is 32.1 Å². The lowest BCUT2D eigenvalue weighted by atomic mass is 10.0. The number of nitrogens with one attached hydrogen (secondary N) is 3. The van der Waals surface area contributed by atoms with E-state index in [4.69, 9.17) is 0 Å². The van der Waals surface area contributed by atoms with E-state index in [1.807, 2.05) is 19.9 Å². The van der Waals surface area contributed by atoms with E-state index in [9.17, 15) is 29.4 Å². The maximum atomic E-state index is 12.3. The van der Waals surface area contributed by atoms with E-state index in [-0.39, 0.29) is 37.5 Å². The van der Waals surface area contributed by atoms with E-state index in [1.165, 1.54) is 6.08 Å². The van der Waals surface area contributed by atoms with Crippen molar-refractivity contribution in [1.29, 1.82) is 0 Å². The van der Waals surface area contributed by atoms with Gasteiger partial charge in [-0.1, -0.05) is 25.3 Å². The molecule has 43 heavy (non-hydrogen) atoms. The van der Waals surface area contributed by atoms with Gasteiger partial charge in [0.2, 0.25) is 0 Å². The minimum absolute atomic E-state index is 0.0943. The summed E-state index contributed by atoms with van der Waals surface area (Å²) in [5.74, 6) is -2.46. The summed E-state index contributed by atoms with van der Waals surface area (Å²) in [6, 6.07) is 0. The van der Waals surface area contributed by atoms with Crippen LogP contribution in [-0.2, 0) is 32.0 Å². The summed E-state index contributed by atoms with van der Waals surface area (Å²) in [6.07, 6.45) is 8.80. The van der Waals surface area contributed by atoms with Crippen molar-refractivity contribution in [2.75, 3.05) is 0 Å². The van der Waals surface area contributed by atoms with Crippen molar-refractivity contribution in [1.82, 2.24) is 15.3 Å². The number of hydrogen-bond acceptors (Lipinski definition) is 4. The van der Waals surface area contributed by atoms with Crippen LogP contribution >= 0.6 is 0 Å². The lowest BCUT2D eigenvalue weighted by molar-refractivity contribution is -0.138. The van der Waals surface area contributed by atoms with Crippen molar-refractivity contribution in [3.8, 4) is 0 Å². The second-order valence-corrected chi connectivity index (χ2v) is 10.5. The van der Waals surface area contributed by atoms with Crippen molar-refractivity contribution in [3.05, 3.63) is 97.6 Å². The van der Waals surface area contributed by atoms with Crippen molar-refractivity contribution in [2.24, 2.45) is 4.99 Å². The zero-order valence-corrected chi connectivity index (χ0v) is 24.6. The quantitative estimate of drug-likeness (QED) is 0.273. The van der Waals surface area contributed by atoms with E-state index in [0.717, 1.165) is 22.3 Å². The summed E-state index contributed by atoms with van der Waals surface area (Å²) in [6.45, 7) is 14.8. The Kier molecular flexibility index (Phi) is 8.80. The molecule has 4 heterocycles. The molecule has 2 aliphatic rings. The average Bonchev–Trinajstić information content (AvgIpc) is 3.59. The molecule has 0 saturated carbocycles. The van der Waals surface area contributed by atoms with Gasteiger partial charge in [-0.05, 0) is 86.6 Å². The first kappa shape index (κ1) is 30.7. The summed E-state index contributed by atoms with van der Waals surface area (Å²) < 4.78 is 0. The second-order valence-electron chi connectivity index (χ2n) is 10.5. The number of hydrogen-bond donors (Lipinski definition) is 5. The van der Waals surface area contributed by atoms with Crippen molar-refractivity contribution >= 4 is 47.7 Å². The minimum Gasteiger partial charge on any atom is -0.481 e. The molecule has 2 amide bonds. The number of carboxylic acid groups (broad SMARTS) is 2. The van der Waals surface area contributed by atoms with Crippen LogP contribution in [0, 0.1) is 13.8 Å². The molecule has 0 aromatic carbocycles. The predicted molar refractivity (Wildman–Crippen MR) is 165 cm³/mol. The van der Waals surface area contributed by atoms with Crippen molar-refractivity contribution < 1.29 is 29.4 Å². The van der Waals surface area contributed by atoms with Crippen LogP contribution in [0.5, 0.6) is 0 Å². The van der Waals surface area contributed by atoms with Gasteiger partial charge in [0.25, 0.3) is 11.8 Å². The lowest BCUT2D eigenvalue weighted by Gasteiger charge is -2.02. The Morgan fingerprint density at radius 2 is 1.40 bits per heavy atom. The number of carboxylic acids is 2. The van der Waals surface area contributed by atoms with Crippen LogP contribution in [0.25, 0.3) is 18.2 Å². The standard InChI is InChI=1S/C33H34N4O6/c1-7-20-19(6)32(42)37-27(20)14-25-18(5)23(10-12-31(40)41)29(35-25)15-28-22(9-11-30(38)39)17(4)24(34-28)13-26-16(3)21(8-2)33(43)36-26/h7-8,13-15,34-35H,1-2,9-12H2,3-6H3,(H,37,42)(H,38,39)(H,40,41)/b24-13?,27-14+,28-15+. The zero-order chi connectivity index (χ0) is 31.6. The number of H-pyrrole nitrogens is 2. The monoisotopic (exact) mass is 582 g/mol. The maximum absolute atomic E-state index is 12.3. The molecule has 0 aliphatic carbocycles. The van der Waals surface area contributed by atoms with Gasteiger partial charge >= 0.3 is 11.9 Å². The molecule has 2 aromatic rings. The third kappa shape index (κ3) is 6.18. The topological polar surface area (TPSA) is 165 Å². The number of aromatic amines is 2. The van der Waals surface area contributed by atoms with E-state index in [0.29, 0.717) is 55.8 Å². The van der Waals surface area contributed by atoms with Crippen LogP contribution < -0.4 is 16.0 Å². The third-order valence-electron chi connectivity index (χ3n) is 7.87. The van der Waals surface area contributed by atoms with Gasteiger partial charge < -0.3 is 25.5 Å². The summed E-state index contributed by atoms with van der Waals surface area (Å²) in [5, 5.41) is 23.0. The minimum atomic E-state index is -0.941. The molecular formula is C33H34N4O6. The first-order chi connectivity index (χ1) is 20.4. The highest BCUT2D eigenvalue weighted by molar-refractivity contribution is 6.31. The van der Waals surface area contributed by atoms with Gasteiger partial charge in [0, 0.05) is 51.6 Å². The van der Waals surface area contributed by atoms with Gasteiger partial charge in [0.15, 0.2) is 0 Å². The number of carbonyl (C=O) groups is 4. The van der Waals surface area contributed by atoms with Crippen LogP contribution in [0.4, 0.5) is 0 Å². The predicted octanol–water partition coefficient (Wildman–Crippen LogP) is 3.06. The van der Waals surface area contributed by atoms with Crippen LogP contribution in [0.3, 0.4) is 0 Å². The summed E-state index contributed by atoms with van der Waals surface area (Å²) in [5.41, 5.74) is 7.97. The fraction of sp³-hybridized carbons (Fsp3) is 0.242. The zero-order valence-electron chi connectivity index (χ0n) is 24.6. The number of nitrogens with zero attached hydrogens (tertiary/aromatic N) is 1. The molecule has 0 spiro atoms. The summed E-state index contributed by atoms with van der Waals surface area (Å²) >= 11 is 0. The molecule has 10 nitrogen and oxygen atoms in total. The largest absolute Gasteiger partial charge is 0.481 e. The Labute approximate surface area is 248 Å². The van der Waals surface area contributed by atoms with Crippen LogP contribution in [0.1, 0.15) is 60.3 Å². The highest BCUT2D eigenvalue weighted by Crippen LogP contribution is 2.27. The van der Waals surface area contributed by atoms with Gasteiger partial charge in [0.05, 0.1) is 11.4 Å². The second kappa shape index (κ2) is 12.3. The number of amides is 2. The molecule has 10 heteroatoms. The molecule has 0 fully saturated rings. The van der Waals surface area contributed by atoms with Gasteiger partial charge in [0.1, 0.15) is 0 Å². The molecule has 0 atom stereocenters. The molecule has 222 valence electrons. The van der Waals surface area contributed by atoms with Gasteiger partial charge in [-0.15, -0.1) is 0 Å².